The first-order valence-corrected chi connectivity index (χ1v) is 11.9. The van der Waals surface area contributed by atoms with Crippen molar-refractivity contribution in [2.24, 2.45) is 0 Å². The van der Waals surface area contributed by atoms with Gasteiger partial charge in [-0.05, 0) is 48.0 Å². The van der Waals surface area contributed by atoms with Gasteiger partial charge in [-0.1, -0.05) is 30.3 Å². The second-order valence-electron chi connectivity index (χ2n) is 8.84. The number of rotatable bonds is 6. The Morgan fingerprint density at radius 2 is 1.73 bits per heavy atom. The monoisotopic (exact) mass is 506 g/mol. The van der Waals surface area contributed by atoms with Gasteiger partial charge in [0.2, 0.25) is 0 Å². The van der Waals surface area contributed by atoms with Crippen LogP contribution in [-0.4, -0.2) is 42.0 Å². The molecule has 0 unspecified atom stereocenters. The van der Waals surface area contributed by atoms with E-state index in [1.165, 1.54) is 17.7 Å². The number of piperazine rings is 1. The zero-order valence-corrected chi connectivity index (χ0v) is 19.9. The van der Waals surface area contributed by atoms with Gasteiger partial charge in [0.15, 0.2) is 5.76 Å². The van der Waals surface area contributed by atoms with Crippen molar-refractivity contribution in [2.75, 3.05) is 36.4 Å². The molecule has 0 aliphatic carbocycles. The lowest BCUT2D eigenvalue weighted by Crippen LogP contribution is -2.46. The van der Waals surface area contributed by atoms with Crippen LogP contribution in [0.2, 0.25) is 0 Å². The van der Waals surface area contributed by atoms with Crippen molar-refractivity contribution in [3.63, 3.8) is 0 Å². The molecule has 4 aromatic rings. The Hall–Kier alpha value is -4.11. The standard InChI is InChI=1S/C28H25F3N4O2/c29-28(30,31)22-8-9-24(35-15-13-34(14-16-35)19-20-5-2-1-3-6-20)23(17-22)33-27(36)26-11-10-25(37-26)21-7-4-12-32-18-21/h1-12,17-18H,13-16,19H2,(H,33,36). The van der Waals surface area contributed by atoms with Crippen LogP contribution in [-0.2, 0) is 12.7 Å². The van der Waals surface area contributed by atoms with E-state index in [1.807, 2.05) is 23.1 Å². The topological polar surface area (TPSA) is 61.6 Å². The predicted octanol–water partition coefficient (Wildman–Crippen LogP) is 5.93. The average Bonchev–Trinajstić information content (AvgIpc) is 3.41. The first-order valence-electron chi connectivity index (χ1n) is 11.9. The molecule has 1 saturated heterocycles. The van der Waals surface area contributed by atoms with Crippen LogP contribution < -0.4 is 10.2 Å². The molecule has 190 valence electrons. The fourth-order valence-corrected chi connectivity index (χ4v) is 4.38. The first-order chi connectivity index (χ1) is 17.9. The van der Waals surface area contributed by atoms with Crippen molar-refractivity contribution in [3.8, 4) is 11.3 Å². The molecule has 1 N–H and O–H groups in total. The van der Waals surface area contributed by atoms with Gasteiger partial charge in [-0.3, -0.25) is 14.7 Å². The van der Waals surface area contributed by atoms with Gasteiger partial charge in [-0.15, -0.1) is 0 Å². The molecule has 9 heteroatoms. The molecule has 0 radical (unpaired) electrons. The summed E-state index contributed by atoms with van der Waals surface area (Å²) in [5, 5.41) is 2.65. The molecule has 1 fully saturated rings. The highest BCUT2D eigenvalue weighted by atomic mass is 19.4. The molecule has 2 aromatic carbocycles. The minimum atomic E-state index is -4.54. The minimum Gasteiger partial charge on any atom is -0.451 e. The third-order valence-corrected chi connectivity index (χ3v) is 6.31. The molecule has 6 nitrogen and oxygen atoms in total. The number of aromatic nitrogens is 1. The summed E-state index contributed by atoms with van der Waals surface area (Å²) >= 11 is 0. The summed E-state index contributed by atoms with van der Waals surface area (Å²) in [6.07, 6.45) is -1.32. The smallest absolute Gasteiger partial charge is 0.416 e. The van der Waals surface area contributed by atoms with Crippen molar-refractivity contribution in [3.05, 3.63) is 102 Å². The van der Waals surface area contributed by atoms with E-state index in [-0.39, 0.29) is 11.4 Å². The lowest BCUT2D eigenvalue weighted by Gasteiger charge is -2.37. The first kappa shape index (κ1) is 24.6. The van der Waals surface area contributed by atoms with Gasteiger partial charge in [-0.25, -0.2) is 0 Å². The van der Waals surface area contributed by atoms with E-state index in [2.05, 4.69) is 27.3 Å². The fourth-order valence-electron chi connectivity index (χ4n) is 4.38. The molecule has 0 saturated carbocycles. The van der Waals surface area contributed by atoms with Crippen molar-refractivity contribution in [2.45, 2.75) is 12.7 Å². The Morgan fingerprint density at radius 3 is 2.43 bits per heavy atom. The minimum absolute atomic E-state index is 0.00473. The van der Waals surface area contributed by atoms with Gasteiger partial charge < -0.3 is 14.6 Å². The Labute approximate surface area is 212 Å². The SMILES string of the molecule is O=C(Nc1cc(C(F)(F)F)ccc1N1CCN(Cc2ccccc2)CC1)c1ccc(-c2cccnc2)o1. The predicted molar refractivity (Wildman–Crippen MR) is 135 cm³/mol. The molecule has 0 atom stereocenters. The van der Waals surface area contributed by atoms with Crippen LogP contribution in [0.15, 0.2) is 89.6 Å². The molecule has 0 spiro atoms. The zero-order valence-electron chi connectivity index (χ0n) is 19.9. The molecule has 1 aliphatic rings. The summed E-state index contributed by atoms with van der Waals surface area (Å²) in [6, 6.07) is 20.2. The number of carbonyl (C=O) groups is 1. The molecule has 2 aromatic heterocycles. The number of benzene rings is 2. The number of halogens is 3. The Kier molecular flexibility index (Phi) is 6.96. The van der Waals surface area contributed by atoms with E-state index in [4.69, 9.17) is 4.42 Å². The highest BCUT2D eigenvalue weighted by Gasteiger charge is 2.32. The second kappa shape index (κ2) is 10.5. The molecule has 37 heavy (non-hydrogen) atoms. The average molecular weight is 507 g/mol. The number of amides is 1. The number of furan rings is 1. The number of anilines is 2. The molecular weight excluding hydrogens is 481 g/mol. The summed E-state index contributed by atoms with van der Waals surface area (Å²) in [6.45, 7) is 3.54. The van der Waals surface area contributed by atoms with Crippen LogP contribution in [0.3, 0.4) is 0 Å². The second-order valence-corrected chi connectivity index (χ2v) is 8.84. The lowest BCUT2D eigenvalue weighted by molar-refractivity contribution is -0.137. The van der Waals surface area contributed by atoms with Crippen LogP contribution in [0.1, 0.15) is 21.7 Å². The number of alkyl halides is 3. The van der Waals surface area contributed by atoms with Crippen LogP contribution in [0.4, 0.5) is 24.5 Å². The van der Waals surface area contributed by atoms with Crippen molar-refractivity contribution in [1.29, 1.82) is 0 Å². The van der Waals surface area contributed by atoms with Crippen LogP contribution in [0.25, 0.3) is 11.3 Å². The van der Waals surface area contributed by atoms with E-state index in [1.54, 1.807) is 30.6 Å². The largest absolute Gasteiger partial charge is 0.451 e. The van der Waals surface area contributed by atoms with Gasteiger partial charge in [0.05, 0.1) is 16.9 Å². The van der Waals surface area contributed by atoms with E-state index in [9.17, 15) is 18.0 Å². The number of carbonyl (C=O) groups excluding carboxylic acids is 1. The number of pyridine rings is 1. The van der Waals surface area contributed by atoms with Gasteiger partial charge in [0, 0.05) is 50.7 Å². The third-order valence-electron chi connectivity index (χ3n) is 6.31. The fraction of sp³-hybridized carbons (Fsp3) is 0.214. The summed E-state index contributed by atoms with van der Waals surface area (Å²) in [7, 11) is 0. The summed E-state index contributed by atoms with van der Waals surface area (Å²) < 4.78 is 46.1. The maximum Gasteiger partial charge on any atom is 0.416 e. The Bertz CT molecular complexity index is 1350. The normalized spacial score (nSPS) is 14.5. The molecule has 1 aliphatic heterocycles. The van der Waals surface area contributed by atoms with Crippen molar-refractivity contribution >= 4 is 17.3 Å². The highest BCUT2D eigenvalue weighted by Crippen LogP contribution is 2.36. The van der Waals surface area contributed by atoms with E-state index in [0.717, 1.165) is 31.8 Å². The maximum atomic E-state index is 13.5. The third kappa shape index (κ3) is 5.83. The number of nitrogens with one attached hydrogen (secondary N) is 1. The Morgan fingerprint density at radius 1 is 0.946 bits per heavy atom. The summed E-state index contributed by atoms with van der Waals surface area (Å²) in [5.74, 6) is -0.189. The quantitative estimate of drug-likeness (QED) is 0.351. The Balaban J connectivity index is 1.34. The molecule has 1 amide bonds. The van der Waals surface area contributed by atoms with Crippen molar-refractivity contribution in [1.82, 2.24) is 9.88 Å². The number of nitrogens with zero attached hydrogens (tertiary/aromatic N) is 3. The van der Waals surface area contributed by atoms with Crippen molar-refractivity contribution < 1.29 is 22.4 Å². The zero-order chi connectivity index (χ0) is 25.8. The molecule has 5 rings (SSSR count). The van der Waals surface area contributed by atoms with Gasteiger partial charge in [-0.2, -0.15) is 13.2 Å². The van der Waals surface area contributed by atoms with Crippen LogP contribution >= 0.6 is 0 Å². The van der Waals surface area contributed by atoms with E-state index >= 15 is 0 Å². The number of hydrogen-bond acceptors (Lipinski definition) is 5. The molecular formula is C28H25F3N4O2. The van der Waals surface area contributed by atoms with Gasteiger partial charge in [0.25, 0.3) is 5.91 Å². The summed E-state index contributed by atoms with van der Waals surface area (Å²) in [5.41, 5.74) is 1.71. The van der Waals surface area contributed by atoms with Crippen LogP contribution in [0.5, 0.6) is 0 Å². The highest BCUT2D eigenvalue weighted by molar-refractivity contribution is 6.04. The van der Waals surface area contributed by atoms with Gasteiger partial charge >= 0.3 is 6.18 Å². The summed E-state index contributed by atoms with van der Waals surface area (Å²) in [4.78, 5) is 21.3. The molecule has 0 bridgehead atoms. The lowest BCUT2D eigenvalue weighted by atomic mass is 10.1. The van der Waals surface area contributed by atoms with E-state index in [0.29, 0.717) is 30.1 Å². The van der Waals surface area contributed by atoms with E-state index < -0.39 is 17.6 Å². The molecule has 3 heterocycles. The van der Waals surface area contributed by atoms with Crippen LogP contribution in [0, 0.1) is 0 Å². The van der Waals surface area contributed by atoms with Gasteiger partial charge in [0.1, 0.15) is 5.76 Å². The number of hydrogen-bond donors (Lipinski definition) is 1. The maximum absolute atomic E-state index is 13.5.